The van der Waals surface area contributed by atoms with Crippen LogP contribution in [0.1, 0.15) is 67.5 Å². The lowest BCUT2D eigenvalue weighted by molar-refractivity contribution is 0.0535. The highest BCUT2D eigenvalue weighted by Crippen LogP contribution is 2.42. The summed E-state index contributed by atoms with van der Waals surface area (Å²) in [5.41, 5.74) is 1.08. The number of carbonyl (C=O) groups is 1. The first kappa shape index (κ1) is 17.2. The van der Waals surface area contributed by atoms with Crippen LogP contribution in [0.15, 0.2) is 24.5 Å². The molecule has 2 aliphatic heterocycles. The number of amides is 1. The quantitative estimate of drug-likeness (QED) is 0.832. The molecule has 4 heterocycles. The number of hydrogen-bond acceptors (Lipinski definition) is 4. The second kappa shape index (κ2) is 6.82. The molecule has 2 aromatic heterocycles. The van der Waals surface area contributed by atoms with Gasteiger partial charge in [0.15, 0.2) is 0 Å². The molecule has 0 aromatic carbocycles. The molecule has 0 atom stereocenters. The Hall–Kier alpha value is -2.24. The molecular formula is C20H27N5O. The zero-order valence-electron chi connectivity index (χ0n) is 15.7. The van der Waals surface area contributed by atoms with Gasteiger partial charge in [-0.25, -0.2) is 0 Å². The van der Waals surface area contributed by atoms with Crippen molar-refractivity contribution in [1.82, 2.24) is 24.6 Å². The molecule has 0 saturated carbocycles. The lowest BCUT2D eigenvalue weighted by atomic mass is 9.72. The van der Waals surface area contributed by atoms with Crippen LogP contribution in [0.4, 0.5) is 0 Å². The number of piperidine rings is 1. The molecule has 1 fully saturated rings. The number of pyridine rings is 1. The van der Waals surface area contributed by atoms with Crippen LogP contribution in [0.5, 0.6) is 0 Å². The van der Waals surface area contributed by atoms with Crippen molar-refractivity contribution in [2.75, 3.05) is 13.1 Å². The van der Waals surface area contributed by atoms with Crippen LogP contribution in [0.25, 0.3) is 0 Å². The molecule has 4 rings (SSSR count). The number of fused-ring (bicyclic) bond motifs is 1. The van der Waals surface area contributed by atoms with Gasteiger partial charge in [-0.2, -0.15) is 0 Å². The third kappa shape index (κ3) is 3.13. The number of nitrogens with zero attached hydrogens (tertiary/aromatic N) is 5. The predicted molar refractivity (Wildman–Crippen MR) is 98.9 cm³/mol. The summed E-state index contributed by atoms with van der Waals surface area (Å²) in [7, 11) is 0. The molecule has 2 aliphatic rings. The number of likely N-dealkylation sites (tertiary alicyclic amines) is 1. The van der Waals surface area contributed by atoms with Crippen LogP contribution in [0, 0.1) is 5.41 Å². The zero-order chi connectivity index (χ0) is 18.1. The Balaban J connectivity index is 1.42. The van der Waals surface area contributed by atoms with E-state index < -0.39 is 0 Å². The highest BCUT2D eigenvalue weighted by Gasteiger charge is 2.38. The molecule has 6 nitrogen and oxygen atoms in total. The van der Waals surface area contributed by atoms with Gasteiger partial charge in [0.2, 0.25) is 0 Å². The fourth-order valence-electron chi connectivity index (χ4n) is 4.42. The van der Waals surface area contributed by atoms with Crippen LogP contribution in [-0.2, 0) is 13.0 Å². The van der Waals surface area contributed by atoms with E-state index in [0.717, 1.165) is 69.0 Å². The fourth-order valence-corrected chi connectivity index (χ4v) is 4.42. The van der Waals surface area contributed by atoms with Crippen molar-refractivity contribution in [3.05, 3.63) is 41.7 Å². The summed E-state index contributed by atoms with van der Waals surface area (Å²) in [6, 6.07) is 3.61. The largest absolute Gasteiger partial charge is 0.339 e. The number of aryl methyl sites for hydroxylation is 1. The monoisotopic (exact) mass is 353 g/mol. The van der Waals surface area contributed by atoms with E-state index in [1.54, 1.807) is 24.5 Å². The normalized spacial score (nSPS) is 19.4. The molecule has 2 aromatic rings. The topological polar surface area (TPSA) is 63.9 Å². The predicted octanol–water partition coefficient (Wildman–Crippen LogP) is 3.06. The first-order valence-corrected chi connectivity index (χ1v) is 9.69. The van der Waals surface area contributed by atoms with Crippen molar-refractivity contribution in [1.29, 1.82) is 0 Å². The molecule has 1 spiro atoms. The maximum Gasteiger partial charge on any atom is 0.253 e. The van der Waals surface area contributed by atoms with Gasteiger partial charge in [0.25, 0.3) is 5.91 Å². The van der Waals surface area contributed by atoms with Gasteiger partial charge in [-0.15, -0.1) is 10.2 Å². The van der Waals surface area contributed by atoms with E-state index >= 15 is 0 Å². The molecule has 6 heteroatoms. The van der Waals surface area contributed by atoms with Gasteiger partial charge >= 0.3 is 0 Å². The van der Waals surface area contributed by atoms with Crippen molar-refractivity contribution in [2.24, 2.45) is 5.41 Å². The summed E-state index contributed by atoms with van der Waals surface area (Å²) >= 11 is 0. The summed E-state index contributed by atoms with van der Waals surface area (Å²) in [6.45, 7) is 7.06. The minimum absolute atomic E-state index is 0.134. The van der Waals surface area contributed by atoms with Crippen LogP contribution < -0.4 is 0 Å². The summed E-state index contributed by atoms with van der Waals surface area (Å²) in [5.74, 6) is 2.79. The summed E-state index contributed by atoms with van der Waals surface area (Å²) in [5, 5.41) is 8.84. The molecule has 0 bridgehead atoms. The van der Waals surface area contributed by atoms with Gasteiger partial charge in [0, 0.05) is 49.9 Å². The van der Waals surface area contributed by atoms with Crippen molar-refractivity contribution < 1.29 is 4.79 Å². The van der Waals surface area contributed by atoms with Gasteiger partial charge in [0.05, 0.1) is 0 Å². The van der Waals surface area contributed by atoms with Crippen LogP contribution >= 0.6 is 0 Å². The molecule has 0 unspecified atom stereocenters. The highest BCUT2D eigenvalue weighted by molar-refractivity contribution is 5.94. The lowest BCUT2D eigenvalue weighted by Gasteiger charge is -2.41. The Morgan fingerprint density at radius 3 is 2.42 bits per heavy atom. The van der Waals surface area contributed by atoms with Gasteiger partial charge in [-0.1, -0.05) is 13.8 Å². The van der Waals surface area contributed by atoms with Gasteiger partial charge in [0.1, 0.15) is 11.6 Å². The molecule has 1 amide bonds. The Labute approximate surface area is 154 Å². The Morgan fingerprint density at radius 1 is 1.04 bits per heavy atom. The Morgan fingerprint density at radius 2 is 1.73 bits per heavy atom. The summed E-state index contributed by atoms with van der Waals surface area (Å²) < 4.78 is 2.34. The molecule has 0 N–H and O–H groups in total. The van der Waals surface area contributed by atoms with E-state index in [9.17, 15) is 4.79 Å². The average Bonchev–Trinajstić information content (AvgIpc) is 3.01. The second-order valence-corrected chi connectivity index (χ2v) is 8.06. The number of rotatable bonds is 2. The molecular weight excluding hydrogens is 326 g/mol. The maximum absolute atomic E-state index is 12.7. The highest BCUT2D eigenvalue weighted by atomic mass is 16.2. The van der Waals surface area contributed by atoms with Crippen LogP contribution in [-0.4, -0.2) is 43.6 Å². The van der Waals surface area contributed by atoms with Crippen molar-refractivity contribution in [2.45, 2.75) is 58.4 Å². The van der Waals surface area contributed by atoms with Crippen molar-refractivity contribution in [3.8, 4) is 0 Å². The minimum atomic E-state index is 0.134. The first-order valence-electron chi connectivity index (χ1n) is 9.69. The minimum Gasteiger partial charge on any atom is -0.339 e. The van der Waals surface area contributed by atoms with Crippen LogP contribution in [0.2, 0.25) is 0 Å². The van der Waals surface area contributed by atoms with E-state index in [0.29, 0.717) is 11.3 Å². The smallest absolute Gasteiger partial charge is 0.253 e. The van der Waals surface area contributed by atoms with E-state index in [2.05, 4.69) is 33.6 Å². The second-order valence-electron chi connectivity index (χ2n) is 8.06. The summed E-state index contributed by atoms with van der Waals surface area (Å²) in [6.07, 6.45) is 8.85. The standard InChI is InChI=1S/C20H27N5O/c1-15(2)18-23-22-17-3-6-20(9-14-25(17)18)7-12-24(13-8-20)19(26)16-4-10-21-11-5-16/h4-5,10-11,15H,3,6-9,12-14H2,1-2H3. The lowest BCUT2D eigenvalue weighted by Crippen LogP contribution is -2.43. The molecule has 0 radical (unpaired) electrons. The number of aromatic nitrogens is 4. The Kier molecular flexibility index (Phi) is 4.51. The number of hydrogen-bond donors (Lipinski definition) is 0. The zero-order valence-corrected chi connectivity index (χ0v) is 15.7. The van der Waals surface area contributed by atoms with Crippen molar-refractivity contribution in [3.63, 3.8) is 0 Å². The average molecular weight is 353 g/mol. The van der Waals surface area contributed by atoms with E-state index in [-0.39, 0.29) is 5.91 Å². The molecule has 26 heavy (non-hydrogen) atoms. The molecule has 138 valence electrons. The number of carbonyl (C=O) groups excluding carboxylic acids is 1. The van der Waals surface area contributed by atoms with Crippen LogP contribution in [0.3, 0.4) is 0 Å². The van der Waals surface area contributed by atoms with E-state index in [4.69, 9.17) is 0 Å². The summed E-state index contributed by atoms with van der Waals surface area (Å²) in [4.78, 5) is 18.7. The third-order valence-corrected chi connectivity index (χ3v) is 6.16. The van der Waals surface area contributed by atoms with E-state index in [1.807, 2.05) is 4.90 Å². The fraction of sp³-hybridized carbons (Fsp3) is 0.600. The van der Waals surface area contributed by atoms with E-state index in [1.165, 1.54) is 0 Å². The Bertz CT molecular complexity index is 775. The molecule has 0 aliphatic carbocycles. The van der Waals surface area contributed by atoms with Gasteiger partial charge < -0.3 is 9.47 Å². The van der Waals surface area contributed by atoms with Crippen molar-refractivity contribution >= 4 is 5.91 Å². The third-order valence-electron chi connectivity index (χ3n) is 6.16. The maximum atomic E-state index is 12.7. The van der Waals surface area contributed by atoms with Gasteiger partial charge in [-0.05, 0) is 43.2 Å². The first-order chi connectivity index (χ1) is 12.6. The molecule has 1 saturated heterocycles. The SMILES string of the molecule is CC(C)c1nnc2n1CCC1(CC2)CCN(C(=O)c2ccncc2)CC1. The van der Waals surface area contributed by atoms with Gasteiger partial charge in [-0.3, -0.25) is 9.78 Å².